The van der Waals surface area contributed by atoms with Crippen LogP contribution in [0.5, 0.6) is 0 Å². The van der Waals surface area contributed by atoms with E-state index in [1.54, 1.807) is 19.1 Å². The van der Waals surface area contributed by atoms with E-state index < -0.39 is 22.9 Å². The first-order valence-electron chi connectivity index (χ1n) is 10.8. The summed E-state index contributed by atoms with van der Waals surface area (Å²) in [6.45, 7) is 12.0. The third-order valence-electron chi connectivity index (χ3n) is 8.95. The van der Waals surface area contributed by atoms with Gasteiger partial charge >= 0.3 is 0 Å². The van der Waals surface area contributed by atoms with Gasteiger partial charge in [-0.2, -0.15) is 0 Å². The summed E-state index contributed by atoms with van der Waals surface area (Å²) in [6, 6.07) is 0. The third kappa shape index (κ3) is 2.14. The van der Waals surface area contributed by atoms with Gasteiger partial charge in [0.1, 0.15) is 5.78 Å². The van der Waals surface area contributed by atoms with Crippen molar-refractivity contribution in [2.45, 2.75) is 85.5 Å². The van der Waals surface area contributed by atoms with Crippen LogP contribution in [0.4, 0.5) is 0 Å². The van der Waals surface area contributed by atoms with Crippen molar-refractivity contribution >= 4 is 11.6 Å². The van der Waals surface area contributed by atoms with Gasteiger partial charge < -0.3 is 9.84 Å². The van der Waals surface area contributed by atoms with E-state index >= 15 is 0 Å². The smallest absolute Gasteiger partial charge is 0.161 e. The molecule has 0 radical (unpaired) electrons. The summed E-state index contributed by atoms with van der Waals surface area (Å²) >= 11 is 0. The minimum Gasteiger partial charge on any atom is -0.390 e. The van der Waals surface area contributed by atoms with Gasteiger partial charge in [-0.15, -0.1) is 0 Å². The number of carbonyl (C=O) groups is 2. The second kappa shape index (κ2) is 6.12. The molecule has 28 heavy (non-hydrogen) atoms. The molecule has 0 bridgehead atoms. The van der Waals surface area contributed by atoms with Gasteiger partial charge in [-0.1, -0.05) is 38.8 Å². The highest BCUT2D eigenvalue weighted by Gasteiger charge is 2.72. The summed E-state index contributed by atoms with van der Waals surface area (Å²) in [6.07, 6.45) is 6.08. The molecule has 0 aromatic carbocycles. The number of Topliss-reactive ketones (excluding diaryl/α,β-unsaturated/α-hetero) is 1. The fraction of sp³-hybridized carbons (Fsp3) is 0.750. The normalized spacial score (nSPS) is 50.2. The van der Waals surface area contributed by atoms with Crippen LogP contribution in [0.3, 0.4) is 0 Å². The number of ether oxygens (including phenoxy) is 1. The number of ketones is 2. The predicted molar refractivity (Wildman–Crippen MR) is 108 cm³/mol. The van der Waals surface area contributed by atoms with Gasteiger partial charge in [0.25, 0.3) is 0 Å². The Morgan fingerprint density at radius 1 is 1.29 bits per heavy atom. The maximum Gasteiger partial charge on any atom is 0.161 e. The highest BCUT2D eigenvalue weighted by Crippen LogP contribution is 2.68. The average molecular weight is 387 g/mol. The Labute approximate surface area is 168 Å². The Hall–Kier alpha value is -1.26. The molecule has 2 fully saturated rings. The van der Waals surface area contributed by atoms with Crippen LogP contribution in [0, 0.1) is 28.1 Å². The molecular weight excluding hydrogens is 352 g/mol. The molecule has 1 N–H and O–H groups in total. The van der Waals surface area contributed by atoms with E-state index in [1.807, 2.05) is 13.8 Å². The molecule has 0 unspecified atom stereocenters. The van der Waals surface area contributed by atoms with Crippen molar-refractivity contribution in [2.24, 2.45) is 28.1 Å². The van der Waals surface area contributed by atoms with Gasteiger partial charge in [-0.05, 0) is 57.6 Å². The molecule has 1 saturated carbocycles. The molecule has 1 heterocycles. The van der Waals surface area contributed by atoms with Gasteiger partial charge in [0.2, 0.25) is 0 Å². The summed E-state index contributed by atoms with van der Waals surface area (Å²) in [5.41, 5.74) is 0.644. The SMILES string of the molecule is CC[C@H]1[C@]2(C)C3=C(C)CCC[C@H]3O[C@@H]2[C@H](O)[C@@H]2[C@]1(C)C(=O)C=C[C@@]2(C)C(C)=O. The van der Waals surface area contributed by atoms with E-state index in [-0.39, 0.29) is 35.1 Å². The Balaban J connectivity index is 1.98. The largest absolute Gasteiger partial charge is 0.390 e. The number of allylic oxidation sites excluding steroid dienone is 3. The zero-order valence-corrected chi connectivity index (χ0v) is 18.0. The number of fused-ring (bicyclic) bond motifs is 4. The highest BCUT2D eigenvalue weighted by atomic mass is 16.5. The summed E-state index contributed by atoms with van der Waals surface area (Å²) in [5.74, 6) is -0.420. The Morgan fingerprint density at radius 2 is 1.96 bits per heavy atom. The van der Waals surface area contributed by atoms with Crippen molar-refractivity contribution in [3.8, 4) is 0 Å². The summed E-state index contributed by atoms with van der Waals surface area (Å²) in [4.78, 5) is 26.1. The van der Waals surface area contributed by atoms with Crippen molar-refractivity contribution in [1.82, 2.24) is 0 Å². The van der Waals surface area contributed by atoms with Crippen LogP contribution in [-0.4, -0.2) is 35.0 Å². The van der Waals surface area contributed by atoms with E-state index in [2.05, 4.69) is 20.8 Å². The number of hydrogen-bond acceptors (Lipinski definition) is 4. The Morgan fingerprint density at radius 3 is 2.57 bits per heavy atom. The van der Waals surface area contributed by atoms with Crippen LogP contribution in [0.2, 0.25) is 0 Å². The minimum atomic E-state index is -0.864. The topological polar surface area (TPSA) is 63.6 Å². The molecule has 4 heteroatoms. The first-order chi connectivity index (χ1) is 13.0. The number of aliphatic hydroxyl groups is 1. The van der Waals surface area contributed by atoms with E-state index in [4.69, 9.17) is 4.74 Å². The lowest BCUT2D eigenvalue weighted by atomic mass is 9.40. The van der Waals surface area contributed by atoms with E-state index in [0.29, 0.717) is 0 Å². The lowest BCUT2D eigenvalue weighted by molar-refractivity contribution is -0.208. The highest BCUT2D eigenvalue weighted by molar-refractivity contribution is 6.00. The number of rotatable bonds is 2. The minimum absolute atomic E-state index is 0.00390. The van der Waals surface area contributed by atoms with Crippen LogP contribution < -0.4 is 0 Å². The lowest BCUT2D eigenvalue weighted by Crippen LogP contribution is -2.68. The number of hydrogen-bond donors (Lipinski definition) is 1. The molecule has 4 rings (SSSR count). The first kappa shape index (κ1) is 20.0. The van der Waals surface area contributed by atoms with Crippen LogP contribution in [0.15, 0.2) is 23.3 Å². The summed E-state index contributed by atoms with van der Waals surface area (Å²) in [5, 5.41) is 11.7. The summed E-state index contributed by atoms with van der Waals surface area (Å²) < 4.78 is 6.53. The molecule has 0 aromatic heterocycles. The zero-order valence-electron chi connectivity index (χ0n) is 18.0. The van der Waals surface area contributed by atoms with Gasteiger partial charge in [-0.25, -0.2) is 0 Å². The number of aliphatic hydroxyl groups excluding tert-OH is 1. The molecule has 1 saturated heterocycles. The molecule has 3 aliphatic carbocycles. The van der Waals surface area contributed by atoms with Crippen LogP contribution in [0.25, 0.3) is 0 Å². The van der Waals surface area contributed by atoms with Crippen molar-refractivity contribution in [3.63, 3.8) is 0 Å². The van der Waals surface area contributed by atoms with E-state index in [1.165, 1.54) is 11.1 Å². The van der Waals surface area contributed by atoms with E-state index in [9.17, 15) is 14.7 Å². The molecule has 4 nitrogen and oxygen atoms in total. The first-order valence-corrected chi connectivity index (χ1v) is 10.8. The van der Waals surface area contributed by atoms with Crippen LogP contribution in [-0.2, 0) is 14.3 Å². The monoisotopic (exact) mass is 386 g/mol. The molecule has 0 amide bonds. The third-order valence-corrected chi connectivity index (χ3v) is 8.95. The predicted octanol–water partition coefficient (Wildman–Crippen LogP) is 4.02. The van der Waals surface area contributed by atoms with Crippen LogP contribution in [0.1, 0.15) is 67.2 Å². The molecule has 0 spiro atoms. The van der Waals surface area contributed by atoms with Gasteiger partial charge in [0, 0.05) is 16.7 Å². The van der Waals surface area contributed by atoms with Crippen LogP contribution >= 0.6 is 0 Å². The quantitative estimate of drug-likeness (QED) is 0.728. The maximum atomic E-state index is 13.4. The number of carbonyl (C=O) groups excluding carboxylic acids is 2. The fourth-order valence-electron chi connectivity index (χ4n) is 7.73. The molecule has 0 aromatic rings. The van der Waals surface area contributed by atoms with E-state index in [0.717, 1.165) is 25.7 Å². The molecule has 4 aliphatic rings. The Kier molecular flexibility index (Phi) is 4.38. The summed E-state index contributed by atoms with van der Waals surface area (Å²) in [7, 11) is 0. The molecule has 8 atom stereocenters. The lowest BCUT2D eigenvalue weighted by Gasteiger charge is -2.62. The second-order valence-corrected chi connectivity index (χ2v) is 10.2. The molecule has 1 aliphatic heterocycles. The van der Waals surface area contributed by atoms with Gasteiger partial charge in [0.15, 0.2) is 5.78 Å². The van der Waals surface area contributed by atoms with Gasteiger partial charge in [0.05, 0.1) is 23.7 Å². The van der Waals surface area contributed by atoms with Crippen molar-refractivity contribution < 1.29 is 19.4 Å². The van der Waals surface area contributed by atoms with Crippen molar-refractivity contribution in [1.29, 1.82) is 0 Å². The van der Waals surface area contributed by atoms with Crippen molar-refractivity contribution in [3.05, 3.63) is 23.3 Å². The molecule has 154 valence electrons. The second-order valence-electron chi connectivity index (χ2n) is 10.2. The zero-order chi connectivity index (χ0) is 20.6. The average Bonchev–Trinajstić information content (AvgIpc) is 2.93. The fourth-order valence-corrected chi connectivity index (χ4v) is 7.73. The molecular formula is C24H34O4. The van der Waals surface area contributed by atoms with Gasteiger partial charge in [-0.3, -0.25) is 9.59 Å². The maximum absolute atomic E-state index is 13.4. The van der Waals surface area contributed by atoms with Crippen molar-refractivity contribution in [2.75, 3.05) is 0 Å². The standard InChI is InChI=1S/C24H34O4/c1-7-16-23(5)17(26)11-12-22(4,14(3)25)20(23)19(27)21-24(16,6)18-13(2)9-8-10-15(18)28-21/h11-12,15-16,19-21,27H,7-10H2,1-6H3/t15-,16-,19-,20+,21-,22+,23+,24-/m1/s1. The Bertz CT molecular complexity index is 794.